The molecule has 0 radical (unpaired) electrons. The maximum atomic E-state index is 15.0. The molecule has 4 aromatic carbocycles. The number of ether oxygens (including phenoxy) is 4. The molecule has 4 bridgehead atoms. The molecule has 24 rings (SSSR count). The van der Waals surface area contributed by atoms with E-state index in [-0.39, 0.29) is 69.5 Å². The summed E-state index contributed by atoms with van der Waals surface area (Å²) in [5.41, 5.74) is 20.7. The first-order valence-electron chi connectivity index (χ1n) is 50.3. The van der Waals surface area contributed by atoms with E-state index in [1.165, 1.54) is 27.9 Å². The van der Waals surface area contributed by atoms with Gasteiger partial charge in [0.05, 0.1) is 125 Å². The minimum Gasteiger partial charge on any atom is -0.490 e. The number of rotatable bonds is 10. The summed E-state index contributed by atoms with van der Waals surface area (Å²) in [6.07, 6.45) is 38.0. The lowest BCUT2D eigenvalue weighted by Crippen LogP contribution is -2.49. The minimum absolute atomic E-state index is 0.0483. The number of hydrogen-bond acceptors (Lipinski definition) is 18. The van der Waals surface area contributed by atoms with Crippen molar-refractivity contribution in [3.63, 3.8) is 0 Å². The van der Waals surface area contributed by atoms with Gasteiger partial charge in [0.15, 0.2) is 11.6 Å². The van der Waals surface area contributed by atoms with Crippen molar-refractivity contribution in [2.24, 2.45) is 72.4 Å². The predicted octanol–water partition coefficient (Wildman–Crippen LogP) is 17.7. The number of aromatic nitrogens is 12. The van der Waals surface area contributed by atoms with Crippen LogP contribution in [0.5, 0.6) is 11.5 Å². The summed E-state index contributed by atoms with van der Waals surface area (Å²) in [5.74, 6) is -1.20. The van der Waals surface area contributed by atoms with Crippen LogP contribution in [0, 0.1) is 35.5 Å². The summed E-state index contributed by atoms with van der Waals surface area (Å²) in [6, 6.07) is 30.6. The van der Waals surface area contributed by atoms with E-state index >= 15 is 0 Å². The van der Waals surface area contributed by atoms with Crippen LogP contribution in [0.2, 0.25) is 10.0 Å². The summed E-state index contributed by atoms with van der Waals surface area (Å²) in [6.45, 7) is 11.1. The third-order valence-electron chi connectivity index (χ3n) is 32.0. The van der Waals surface area contributed by atoms with E-state index in [1.54, 1.807) is 66.4 Å². The molecule has 752 valence electrons. The van der Waals surface area contributed by atoms with Gasteiger partial charge in [-0.1, -0.05) is 73.5 Å². The Balaban J connectivity index is 0.000000129. The SMILES string of the molecule is CO[C@H]1/C=C/C[C@H](C)C[S@@](=O)(CC(=O)c2cc3n(c2)CCc2c-3cnn2C)=NC(=O)c2ccc3c(c2)N(C[C@@H]2CC[C@H]21)C[C@@]1(CCCc2cc(Cl)ccc21)CO3.CO[C@H]1/C=C/C[C@H](C)C[S@@](=O)(CC(=O)c2cc3n(c2)CCc2nn(C)cc2-3)=NC(=O)c2ccc3c(c2)N(C[C@@H]2CC[C@H]21)C[C@@]1(CCCc2cc(Cl)ccc21)CO3.Cn1cc2c(n1)CCn1cc(C(=O)O)cc1-2.Cn1ncc2c1CCn1cc(C(=O)O)cc1-2. The van der Waals surface area contributed by atoms with Gasteiger partial charge < -0.3 is 57.2 Å². The summed E-state index contributed by atoms with van der Waals surface area (Å²) in [4.78, 5) is 83.2. The summed E-state index contributed by atoms with van der Waals surface area (Å²) in [5, 5.41) is 37.0. The van der Waals surface area contributed by atoms with E-state index in [0.717, 1.165) is 231 Å². The fourth-order valence-electron chi connectivity index (χ4n) is 24.5. The van der Waals surface area contributed by atoms with Crippen molar-refractivity contribution in [1.82, 2.24) is 57.4 Å². The second-order valence-corrected chi connectivity index (χ2v) is 47.3. The standard InChI is InChI=1S/2C44H50ClN5O5S.2C11H11N3O2/c1-28-6-4-8-41(54-3)34-12-9-31(34)22-50-26-44(16-5-7-29-18-33(45)11-13-36(29)44)27-55-42-14-10-30(19-39(42)50)43(52)47-56(53,24-28)25-40(51)32-20-38-35-21-46-48(2)37(35)15-17-49(38)23-32;1-28-6-4-8-41(54-3)34-12-9-31(34)21-50-26-44(16-5-7-29-18-33(45)11-13-36(29)44)27-55-42-14-10-30(19-39(42)50)43(52)47-56(53,24-28)25-40(51)32-20-38-35-23-48(2)46-37(35)15-17-49(38)22-32;1-13-9-2-3-14-6-7(11(15)16)4-10(14)8(9)5-12-13;1-13-6-8-9(12-13)2-3-14-5-7(11(15)16)4-10(8)14/h4,8,10-11,13-14,18-21,23,28,31,34,41H,5-7,9,12,15-17,22,24-27H2,1-3H3;4,8,10-11,13-14,18-20,22-23,28,31,34,41H,5-7,9,12,15-17,21,24-27H2,1-3H3;2*4-6H,2-3H2,1H3,(H,15,16)/b2*8-4+;;/t2*28-,31-,34+,41-,44-,56+;;/m00../s1. The van der Waals surface area contributed by atoms with Gasteiger partial charge in [0.1, 0.15) is 11.5 Å². The van der Waals surface area contributed by atoms with E-state index in [2.05, 4.69) is 96.6 Å². The Labute approximate surface area is 848 Å². The van der Waals surface area contributed by atoms with E-state index in [0.29, 0.717) is 89.7 Å². The van der Waals surface area contributed by atoms with Crippen molar-refractivity contribution in [3.8, 4) is 56.5 Å². The molecule has 2 fully saturated rings. The van der Waals surface area contributed by atoms with Crippen LogP contribution in [0.3, 0.4) is 0 Å². The first-order chi connectivity index (χ1) is 69.3. The van der Waals surface area contributed by atoms with Crippen molar-refractivity contribution in [1.29, 1.82) is 0 Å². The summed E-state index contributed by atoms with van der Waals surface area (Å²) < 4.78 is 79.9. The van der Waals surface area contributed by atoms with Crippen LogP contribution in [0.4, 0.5) is 11.4 Å². The highest BCUT2D eigenvalue weighted by molar-refractivity contribution is 7.95. The molecule has 8 aromatic heterocycles. The van der Waals surface area contributed by atoms with Crippen LogP contribution < -0.4 is 19.3 Å². The molecule has 12 aromatic rings. The second-order valence-electron chi connectivity index (χ2n) is 41.7. The van der Waals surface area contributed by atoms with Gasteiger partial charge in [-0.2, -0.15) is 29.1 Å². The number of carbonyl (C=O) groups excluding carboxylic acids is 4. The molecule has 144 heavy (non-hydrogen) atoms. The number of ketones is 2. The molecule has 8 aliphatic heterocycles. The number of fused-ring (bicyclic) bond motifs is 20. The van der Waals surface area contributed by atoms with Gasteiger partial charge in [0, 0.05) is 246 Å². The van der Waals surface area contributed by atoms with Crippen LogP contribution in [0.15, 0.2) is 180 Å². The average molecular weight is 2030 g/mol. The molecule has 2 N–H and O–H groups in total. The normalized spacial score (nSPS) is 25.6. The van der Waals surface area contributed by atoms with Gasteiger partial charge >= 0.3 is 11.9 Å². The van der Waals surface area contributed by atoms with Crippen molar-refractivity contribution >= 4 is 89.4 Å². The first kappa shape index (κ1) is 97.6. The number of anilines is 2. The van der Waals surface area contributed by atoms with Gasteiger partial charge in [0.25, 0.3) is 11.8 Å². The largest absolute Gasteiger partial charge is 0.490 e. The molecule has 4 aliphatic carbocycles. The Kier molecular flexibility index (Phi) is 26.8. The van der Waals surface area contributed by atoms with Gasteiger partial charge in [-0.25, -0.2) is 18.0 Å². The van der Waals surface area contributed by atoms with Gasteiger partial charge in [-0.05, 0) is 220 Å². The fraction of sp³-hybridized carbons (Fsp3) is 0.436. The number of allylic oxidation sites excluding steroid dienone is 2. The molecule has 30 nitrogen and oxygen atoms in total. The number of benzene rings is 4. The average Bonchev–Trinajstić information content (AvgIpc) is 1.38. The van der Waals surface area contributed by atoms with E-state index in [9.17, 15) is 37.2 Å². The molecule has 12 aliphatic rings. The van der Waals surface area contributed by atoms with E-state index < -0.39 is 43.2 Å². The molecule has 2 saturated carbocycles. The number of amides is 2. The second kappa shape index (κ2) is 39.5. The van der Waals surface area contributed by atoms with Crippen molar-refractivity contribution in [2.75, 3.05) is 86.4 Å². The van der Waals surface area contributed by atoms with Gasteiger partial charge in [0.2, 0.25) is 0 Å². The zero-order valence-electron chi connectivity index (χ0n) is 82.5. The maximum Gasteiger partial charge on any atom is 0.337 e. The molecule has 0 saturated heterocycles. The van der Waals surface area contributed by atoms with Crippen LogP contribution in [-0.4, -0.2) is 200 Å². The highest BCUT2D eigenvalue weighted by Crippen LogP contribution is 2.51. The Bertz CT molecular complexity index is 7140. The molecule has 16 heterocycles. The Morgan fingerprint density at radius 2 is 0.882 bits per heavy atom. The lowest BCUT2D eigenvalue weighted by Gasteiger charge is -2.46. The van der Waals surface area contributed by atoms with Crippen molar-refractivity contribution in [2.45, 2.75) is 166 Å². The molecule has 12 atom stereocenters. The number of methoxy groups -OCH3 is 2. The molecular weight excluding hydrogens is 1900 g/mol. The lowest BCUT2D eigenvalue weighted by molar-refractivity contribution is 0.0131. The smallest absolute Gasteiger partial charge is 0.337 e. The number of Topliss-reactive ketones (excluding diaryl/α,β-unsaturated/α-hetero) is 2. The van der Waals surface area contributed by atoms with Crippen LogP contribution in [-0.2, 0) is 133 Å². The number of aryl methyl sites for hydroxylation is 12. The topological polar surface area (TPSA) is 336 Å². The quantitative estimate of drug-likeness (QED) is 0.0948. The molecule has 2 amide bonds. The Morgan fingerprint density at radius 3 is 1.28 bits per heavy atom. The number of nitrogens with zero attached hydrogens (tertiary/aromatic N) is 16. The molecule has 34 heteroatoms. The zero-order chi connectivity index (χ0) is 100. The van der Waals surface area contributed by atoms with E-state index in [4.69, 9.17) is 52.4 Å². The lowest BCUT2D eigenvalue weighted by atomic mass is 9.68. The Hall–Kier alpha value is -12.5. The molecule has 0 unspecified atom stereocenters. The highest BCUT2D eigenvalue weighted by atomic mass is 35.5. The van der Waals surface area contributed by atoms with Crippen LogP contribution in [0.25, 0.3) is 45.0 Å². The third-order valence-corrected chi connectivity index (χ3v) is 37.0. The van der Waals surface area contributed by atoms with Gasteiger partial charge in [-0.3, -0.25) is 37.9 Å². The number of carboxylic acids is 2. The van der Waals surface area contributed by atoms with Crippen molar-refractivity contribution in [3.05, 3.63) is 259 Å². The number of aromatic carboxylic acids is 2. The number of hydrogen-bond donors (Lipinski definition) is 2. The fourth-order valence-corrected chi connectivity index (χ4v) is 29.4. The zero-order valence-corrected chi connectivity index (χ0v) is 85.7. The van der Waals surface area contributed by atoms with Gasteiger partial charge in [-0.15, -0.1) is 0 Å². The van der Waals surface area contributed by atoms with Crippen LogP contribution >= 0.6 is 23.2 Å². The summed E-state index contributed by atoms with van der Waals surface area (Å²) >= 11 is 13.0. The van der Waals surface area contributed by atoms with Crippen molar-refractivity contribution < 1.29 is 66.3 Å². The van der Waals surface area contributed by atoms with Crippen LogP contribution in [0.1, 0.15) is 185 Å². The molecular formula is C110H122Cl2N16O14S2. The monoisotopic (exact) mass is 2020 g/mol. The highest BCUT2D eigenvalue weighted by Gasteiger charge is 2.48. The third kappa shape index (κ3) is 19.2. The van der Waals surface area contributed by atoms with E-state index in [1.807, 2.05) is 140 Å². The number of carbonyl (C=O) groups is 6. The predicted molar refractivity (Wildman–Crippen MR) is 554 cm³/mol. The Morgan fingerprint density at radius 1 is 0.486 bits per heavy atom. The summed E-state index contributed by atoms with van der Waals surface area (Å²) in [7, 11) is 4.54. The minimum atomic E-state index is -3.32. The molecule has 2 spiro atoms. The number of carboxylic acid groups (broad SMARTS) is 2. The maximum absolute atomic E-state index is 15.0. The first-order valence-corrected chi connectivity index (χ1v) is 54.7. The number of halogens is 2.